The molecule has 4 rings (SSSR count). The zero-order valence-corrected chi connectivity index (χ0v) is 19.0. The minimum Gasteiger partial charge on any atom is -0.372 e. The molecule has 1 fully saturated rings. The molecule has 0 radical (unpaired) electrons. The van der Waals surface area contributed by atoms with Gasteiger partial charge in [0.1, 0.15) is 5.82 Å². The molecule has 3 heterocycles. The number of benzene rings is 1. The predicted molar refractivity (Wildman–Crippen MR) is 134 cm³/mol. The number of aromatic nitrogens is 2. The largest absolute Gasteiger partial charge is 0.372 e. The first-order valence-corrected chi connectivity index (χ1v) is 11.1. The van der Waals surface area contributed by atoms with E-state index in [1.165, 1.54) is 16.7 Å². The summed E-state index contributed by atoms with van der Waals surface area (Å²) in [4.78, 5) is 13.6. The Morgan fingerprint density at radius 2 is 1.69 bits per heavy atom. The standard InChI is InChI=1S/C27H31N5/c1-20(2)31-13-15-32(16-14-31)26-9-10-27(29-19-26)30-22(4)17-23-5-7-24(8-6-23)25-11-12-28-21(3)18-25/h5-12,18-19H,1,4,13-17H2,2-3H3,(H,29,30). The van der Waals surface area contributed by atoms with Crippen molar-refractivity contribution < 1.29 is 0 Å². The van der Waals surface area contributed by atoms with Gasteiger partial charge in [-0.05, 0) is 54.8 Å². The van der Waals surface area contributed by atoms with Gasteiger partial charge in [0.15, 0.2) is 0 Å². The van der Waals surface area contributed by atoms with Crippen molar-refractivity contribution in [1.82, 2.24) is 14.9 Å². The second-order valence-electron chi connectivity index (χ2n) is 8.40. The summed E-state index contributed by atoms with van der Waals surface area (Å²) in [5.41, 5.74) is 7.84. The molecule has 1 aromatic carbocycles. The molecule has 0 amide bonds. The zero-order chi connectivity index (χ0) is 22.5. The summed E-state index contributed by atoms with van der Waals surface area (Å²) in [7, 11) is 0. The molecule has 32 heavy (non-hydrogen) atoms. The van der Waals surface area contributed by atoms with Crippen LogP contribution in [0.5, 0.6) is 0 Å². The normalized spacial score (nSPS) is 13.7. The van der Waals surface area contributed by atoms with Gasteiger partial charge in [0, 0.05) is 55.9 Å². The highest BCUT2D eigenvalue weighted by atomic mass is 15.3. The highest BCUT2D eigenvalue weighted by Crippen LogP contribution is 2.22. The van der Waals surface area contributed by atoms with Gasteiger partial charge in [-0.2, -0.15) is 0 Å². The lowest BCUT2D eigenvalue weighted by Gasteiger charge is -2.37. The maximum atomic E-state index is 4.60. The minimum atomic E-state index is 0.752. The highest BCUT2D eigenvalue weighted by Gasteiger charge is 2.16. The molecule has 0 saturated carbocycles. The topological polar surface area (TPSA) is 44.3 Å². The van der Waals surface area contributed by atoms with E-state index in [1.807, 2.05) is 31.5 Å². The molecule has 5 heteroatoms. The van der Waals surface area contributed by atoms with Crippen LogP contribution >= 0.6 is 0 Å². The summed E-state index contributed by atoms with van der Waals surface area (Å²) in [5.74, 6) is 0.822. The van der Waals surface area contributed by atoms with Crippen molar-refractivity contribution in [3.05, 3.63) is 96.7 Å². The van der Waals surface area contributed by atoms with Crippen LogP contribution in [-0.2, 0) is 6.42 Å². The molecule has 164 valence electrons. The van der Waals surface area contributed by atoms with E-state index in [0.29, 0.717) is 0 Å². The van der Waals surface area contributed by atoms with Crippen molar-refractivity contribution in [3.8, 4) is 11.1 Å². The molecular formula is C27H31N5. The molecule has 5 nitrogen and oxygen atoms in total. The quantitative estimate of drug-likeness (QED) is 0.558. The fourth-order valence-electron chi connectivity index (χ4n) is 4.01. The fourth-order valence-corrected chi connectivity index (χ4v) is 4.01. The number of anilines is 2. The van der Waals surface area contributed by atoms with E-state index in [4.69, 9.17) is 0 Å². The van der Waals surface area contributed by atoms with Crippen molar-refractivity contribution >= 4 is 11.5 Å². The zero-order valence-electron chi connectivity index (χ0n) is 19.0. The summed E-state index contributed by atoms with van der Waals surface area (Å²) >= 11 is 0. The van der Waals surface area contributed by atoms with E-state index >= 15 is 0 Å². The van der Waals surface area contributed by atoms with Crippen LogP contribution in [0.4, 0.5) is 11.5 Å². The van der Waals surface area contributed by atoms with E-state index in [-0.39, 0.29) is 0 Å². The van der Waals surface area contributed by atoms with Gasteiger partial charge in [-0.25, -0.2) is 4.98 Å². The van der Waals surface area contributed by atoms with E-state index < -0.39 is 0 Å². The number of rotatable bonds is 7. The molecule has 1 aliphatic rings. The monoisotopic (exact) mass is 425 g/mol. The summed E-state index contributed by atoms with van der Waals surface area (Å²) in [6, 6.07) is 16.9. The summed E-state index contributed by atoms with van der Waals surface area (Å²) in [6.45, 7) is 16.3. The summed E-state index contributed by atoms with van der Waals surface area (Å²) in [6.07, 6.45) is 4.55. The molecule has 0 atom stereocenters. The van der Waals surface area contributed by atoms with Crippen LogP contribution in [0.1, 0.15) is 18.2 Å². The Kier molecular flexibility index (Phi) is 6.55. The number of allylic oxidation sites excluding steroid dienone is 2. The van der Waals surface area contributed by atoms with Crippen LogP contribution in [0.25, 0.3) is 11.1 Å². The number of hydrogen-bond acceptors (Lipinski definition) is 5. The average Bonchev–Trinajstić information content (AvgIpc) is 2.80. The highest BCUT2D eigenvalue weighted by molar-refractivity contribution is 5.63. The maximum absolute atomic E-state index is 4.60. The lowest BCUT2D eigenvalue weighted by Crippen LogP contribution is -2.45. The number of aryl methyl sites for hydroxylation is 1. The van der Waals surface area contributed by atoms with Crippen LogP contribution < -0.4 is 10.2 Å². The Balaban J connectivity index is 1.31. The van der Waals surface area contributed by atoms with Crippen molar-refractivity contribution in [2.45, 2.75) is 20.3 Å². The van der Waals surface area contributed by atoms with Gasteiger partial charge in [-0.15, -0.1) is 0 Å². The van der Waals surface area contributed by atoms with E-state index in [1.54, 1.807) is 0 Å². The first-order chi connectivity index (χ1) is 15.5. The molecule has 0 bridgehead atoms. The SMILES string of the molecule is C=C(Cc1ccc(-c2ccnc(C)c2)cc1)Nc1ccc(N2CCN(C(=C)C)CC2)cn1. The molecule has 1 aliphatic heterocycles. The Hall–Kier alpha value is -3.60. The first-order valence-electron chi connectivity index (χ1n) is 11.1. The molecule has 0 unspecified atom stereocenters. The van der Waals surface area contributed by atoms with E-state index in [0.717, 1.165) is 61.2 Å². The Labute approximate surface area is 191 Å². The van der Waals surface area contributed by atoms with E-state index in [9.17, 15) is 0 Å². The van der Waals surface area contributed by atoms with E-state index in [2.05, 4.69) is 81.6 Å². The smallest absolute Gasteiger partial charge is 0.130 e. The molecule has 0 spiro atoms. The number of nitrogens with one attached hydrogen (secondary N) is 1. The lowest BCUT2D eigenvalue weighted by molar-refractivity contribution is 0.323. The number of piperazine rings is 1. The van der Waals surface area contributed by atoms with Gasteiger partial charge in [0.05, 0.1) is 11.9 Å². The van der Waals surface area contributed by atoms with Crippen molar-refractivity contribution in [2.24, 2.45) is 0 Å². The Morgan fingerprint density at radius 1 is 0.938 bits per heavy atom. The second-order valence-corrected chi connectivity index (χ2v) is 8.40. The Morgan fingerprint density at radius 3 is 2.31 bits per heavy atom. The van der Waals surface area contributed by atoms with Gasteiger partial charge in [0.2, 0.25) is 0 Å². The third kappa shape index (κ3) is 5.35. The fraction of sp³-hybridized carbons (Fsp3) is 0.259. The summed E-state index contributed by atoms with van der Waals surface area (Å²) in [5, 5.41) is 3.34. The lowest BCUT2D eigenvalue weighted by atomic mass is 10.0. The average molecular weight is 426 g/mol. The summed E-state index contributed by atoms with van der Waals surface area (Å²) < 4.78 is 0. The van der Waals surface area contributed by atoms with Crippen LogP contribution in [-0.4, -0.2) is 41.0 Å². The number of hydrogen-bond donors (Lipinski definition) is 1. The van der Waals surface area contributed by atoms with Gasteiger partial charge in [-0.1, -0.05) is 37.4 Å². The van der Waals surface area contributed by atoms with Crippen molar-refractivity contribution in [1.29, 1.82) is 0 Å². The maximum Gasteiger partial charge on any atom is 0.130 e. The molecule has 1 N–H and O–H groups in total. The van der Waals surface area contributed by atoms with Gasteiger partial charge >= 0.3 is 0 Å². The van der Waals surface area contributed by atoms with Crippen LogP contribution in [0, 0.1) is 6.92 Å². The second kappa shape index (κ2) is 9.69. The minimum absolute atomic E-state index is 0.752. The molecular weight excluding hydrogens is 394 g/mol. The van der Waals surface area contributed by atoms with Crippen LogP contribution in [0.2, 0.25) is 0 Å². The van der Waals surface area contributed by atoms with Crippen molar-refractivity contribution in [2.75, 3.05) is 36.4 Å². The number of pyridine rings is 2. The Bertz CT molecular complexity index is 1080. The van der Waals surface area contributed by atoms with Crippen molar-refractivity contribution in [3.63, 3.8) is 0 Å². The van der Waals surface area contributed by atoms with Crippen LogP contribution in [0.3, 0.4) is 0 Å². The van der Waals surface area contributed by atoms with Gasteiger partial charge in [-0.3, -0.25) is 4.98 Å². The molecule has 1 saturated heterocycles. The van der Waals surface area contributed by atoms with Gasteiger partial charge in [0.25, 0.3) is 0 Å². The number of nitrogens with zero attached hydrogens (tertiary/aromatic N) is 4. The predicted octanol–water partition coefficient (Wildman–Crippen LogP) is 5.28. The molecule has 0 aliphatic carbocycles. The third-order valence-corrected chi connectivity index (χ3v) is 5.84. The first kappa shape index (κ1) is 21.6. The third-order valence-electron chi connectivity index (χ3n) is 5.84. The molecule has 2 aromatic heterocycles. The van der Waals surface area contributed by atoms with Gasteiger partial charge < -0.3 is 15.1 Å². The molecule has 3 aromatic rings. The van der Waals surface area contributed by atoms with Crippen LogP contribution in [0.15, 0.2) is 85.5 Å².